The molecule has 706 valence electrons. The maximum Gasteiger partial charge on any atom is 0.414 e. The number of likely N-dealkylation sites (tertiary alicyclic amines) is 4. The largest absolute Gasteiger partial charge is 0.473 e. The summed E-state index contributed by atoms with van der Waals surface area (Å²) in [6.07, 6.45) is 18.6. The second-order valence-corrected chi connectivity index (χ2v) is 36.8. The number of hydrogen-bond acceptors (Lipinski definition) is 34. The quantitative estimate of drug-likeness (QED) is 0.0174. The number of nitrogens with one attached hydrogen (secondary N) is 12. The standard InChI is InChI=1S/4C23H25N9S.C2H2O4/c4*1-2-4-21-19(3-1)30-23(32(21)13-17-14-33-15-26-17)27-16-6-9-31(12-16)10-8-25-22-28-18-5-7-24-11-20(18)29-22;3-1(4)2(5)6/h4*1-5,7,11,14-16H,6,8-10,12-13H2,(H,27,30)(H2,25,28,29);(H,3,4)(H,5,6). The molecule has 20 aromatic rings. The lowest BCUT2D eigenvalue weighted by Gasteiger charge is -2.18. The Morgan fingerprint density at radius 1 is 0.319 bits per heavy atom. The van der Waals surface area contributed by atoms with Crippen molar-refractivity contribution in [1.82, 2.24) is 138 Å². The highest BCUT2D eigenvalue weighted by molar-refractivity contribution is 7.08. The molecule has 40 nitrogen and oxygen atoms in total. The van der Waals surface area contributed by atoms with Gasteiger partial charge in [-0.2, -0.15) is 0 Å². The Bertz CT molecular complexity index is 6390. The van der Waals surface area contributed by atoms with Crippen LogP contribution in [0.25, 0.3) is 88.3 Å². The highest BCUT2D eigenvalue weighted by atomic mass is 32.1. The Kier molecular flexibility index (Phi) is 28.5. The van der Waals surface area contributed by atoms with Crippen molar-refractivity contribution >= 4 is 193 Å². The van der Waals surface area contributed by atoms with Gasteiger partial charge in [-0.15, -0.1) is 45.3 Å². The monoisotopic (exact) mass is 1930 g/mol. The van der Waals surface area contributed by atoms with Crippen LogP contribution in [0.1, 0.15) is 48.5 Å². The van der Waals surface area contributed by atoms with Crippen LogP contribution < -0.4 is 42.5 Å². The molecule has 0 radical (unpaired) electrons. The third-order valence-electron chi connectivity index (χ3n) is 24.5. The molecule has 4 aliphatic heterocycles. The Morgan fingerprint density at radius 3 is 0.775 bits per heavy atom. The molecule has 0 aliphatic carbocycles. The molecule has 4 saturated heterocycles. The number of aromatic amines is 4. The first-order valence-corrected chi connectivity index (χ1v) is 49.5. The number of fused-ring (bicyclic) bond motifs is 8. The summed E-state index contributed by atoms with van der Waals surface area (Å²) in [6, 6.07) is 42.3. The number of aromatic nitrogens is 24. The number of thiazole rings is 4. The van der Waals surface area contributed by atoms with E-state index in [-0.39, 0.29) is 0 Å². The molecule has 44 heteroatoms. The Morgan fingerprint density at radius 2 is 0.558 bits per heavy atom. The van der Waals surface area contributed by atoms with Gasteiger partial charge in [0.05, 0.1) is 184 Å². The van der Waals surface area contributed by atoms with Crippen molar-refractivity contribution in [2.75, 3.05) is 147 Å². The maximum atomic E-state index is 9.10. The Balaban J connectivity index is 0.000000111. The lowest BCUT2D eigenvalue weighted by atomic mass is 10.3. The topological polar surface area (TPSA) is 473 Å². The zero-order valence-electron chi connectivity index (χ0n) is 75.1. The summed E-state index contributed by atoms with van der Waals surface area (Å²) in [7, 11) is 0. The van der Waals surface area contributed by atoms with Gasteiger partial charge in [0.2, 0.25) is 47.6 Å². The van der Waals surface area contributed by atoms with Gasteiger partial charge in [0, 0.05) is 175 Å². The molecule has 24 rings (SSSR count). The minimum absolute atomic E-state index is 0.369. The number of rotatable bonds is 32. The van der Waals surface area contributed by atoms with Crippen molar-refractivity contribution in [3.63, 3.8) is 0 Å². The number of H-pyrrole nitrogens is 4. The number of pyridine rings is 4. The minimum Gasteiger partial charge on any atom is -0.473 e. The van der Waals surface area contributed by atoms with Gasteiger partial charge in [0.1, 0.15) is 0 Å². The first-order valence-electron chi connectivity index (χ1n) is 45.8. The number of para-hydroxylation sites is 8. The number of aliphatic carboxylic acids is 2. The molecule has 4 atom stereocenters. The lowest BCUT2D eigenvalue weighted by Crippen LogP contribution is -2.30. The maximum absolute atomic E-state index is 9.10. The predicted molar refractivity (Wildman–Crippen MR) is 542 cm³/mol. The fourth-order valence-corrected chi connectivity index (χ4v) is 19.9. The van der Waals surface area contributed by atoms with Gasteiger partial charge in [-0.3, -0.25) is 39.5 Å². The van der Waals surface area contributed by atoms with E-state index in [1.54, 1.807) is 94.9 Å². The van der Waals surface area contributed by atoms with Crippen molar-refractivity contribution in [3.05, 3.63) is 237 Å². The lowest BCUT2D eigenvalue weighted by molar-refractivity contribution is -0.159. The number of anilines is 8. The van der Waals surface area contributed by atoms with Crippen LogP contribution in [0.4, 0.5) is 47.6 Å². The van der Waals surface area contributed by atoms with Crippen LogP contribution in [0.2, 0.25) is 0 Å². The van der Waals surface area contributed by atoms with E-state index in [4.69, 9.17) is 39.7 Å². The smallest absolute Gasteiger partial charge is 0.414 e. The second kappa shape index (κ2) is 43.3. The number of nitrogens with zero attached hydrogens (tertiary/aromatic N) is 24. The molecule has 0 saturated carbocycles. The van der Waals surface area contributed by atoms with Gasteiger partial charge in [-0.25, -0.2) is 69.4 Å². The fraction of sp³-hybridized carbons (Fsp3) is 0.298. The molecule has 138 heavy (non-hydrogen) atoms. The molecular formula is C94H102N36O4S4. The fourth-order valence-electron chi connectivity index (χ4n) is 17.7. The molecule has 4 unspecified atom stereocenters. The van der Waals surface area contributed by atoms with Gasteiger partial charge in [-0.1, -0.05) is 48.5 Å². The summed E-state index contributed by atoms with van der Waals surface area (Å²) in [5, 5.41) is 51.6. The van der Waals surface area contributed by atoms with Crippen LogP contribution in [-0.4, -0.2) is 289 Å². The molecular weight excluding hydrogens is 1830 g/mol. The number of carboxylic acids is 2. The van der Waals surface area contributed by atoms with E-state index >= 15 is 0 Å². The van der Waals surface area contributed by atoms with Crippen molar-refractivity contribution in [1.29, 1.82) is 0 Å². The summed E-state index contributed by atoms with van der Waals surface area (Å²) in [5.41, 5.74) is 27.9. The predicted octanol–water partition coefficient (Wildman–Crippen LogP) is 12.8. The van der Waals surface area contributed by atoms with Crippen LogP contribution in [0.3, 0.4) is 0 Å². The molecule has 20 heterocycles. The number of benzene rings is 4. The van der Waals surface area contributed by atoms with E-state index in [0.717, 1.165) is 315 Å². The van der Waals surface area contributed by atoms with E-state index in [1.165, 1.54) is 0 Å². The van der Waals surface area contributed by atoms with Crippen LogP contribution in [0, 0.1) is 0 Å². The number of imidazole rings is 8. The normalized spacial score (nSPS) is 16.3. The second-order valence-electron chi connectivity index (χ2n) is 33.9. The number of carboxylic acid groups (broad SMARTS) is 2. The summed E-state index contributed by atoms with van der Waals surface area (Å²) in [6.45, 7) is 18.3. The van der Waals surface area contributed by atoms with Crippen LogP contribution in [0.5, 0.6) is 0 Å². The zero-order valence-corrected chi connectivity index (χ0v) is 78.4. The molecule has 4 aliphatic rings. The SMILES string of the molecule is O=C(O)C(=O)O.c1ccc2c(c1)nc(NC1CCN(CCNc3nc4ccncc4[nH]3)C1)n2Cc1cscn1.c1ccc2c(c1)nc(NC1CCN(CCNc3nc4ccncc4[nH]3)C1)n2Cc1cscn1.c1ccc2c(c1)nc(NC1CCN(CCNc3nc4ccncc4[nH]3)C1)n2Cc1cscn1.c1ccc2c(c1)nc(NC1CCN(CCNc3nc4ccncc4[nH]3)C1)n2Cc1cscn1. The molecule has 0 bridgehead atoms. The molecule has 0 spiro atoms. The van der Waals surface area contributed by atoms with E-state index in [0.29, 0.717) is 24.2 Å². The molecule has 4 aromatic carbocycles. The highest BCUT2D eigenvalue weighted by Gasteiger charge is 2.30. The zero-order chi connectivity index (χ0) is 93.3. The van der Waals surface area contributed by atoms with E-state index in [2.05, 4.69) is 254 Å². The van der Waals surface area contributed by atoms with Crippen molar-refractivity contribution in [3.8, 4) is 0 Å². The Hall–Kier alpha value is -15.1. The summed E-state index contributed by atoms with van der Waals surface area (Å²) >= 11 is 6.50. The Labute approximate surface area is 805 Å². The van der Waals surface area contributed by atoms with E-state index < -0.39 is 11.9 Å². The summed E-state index contributed by atoms with van der Waals surface area (Å²) in [4.78, 5) is 113. The first-order chi connectivity index (χ1) is 67.9. The van der Waals surface area contributed by atoms with E-state index in [1.807, 2.05) is 70.6 Å². The molecule has 16 aromatic heterocycles. The van der Waals surface area contributed by atoms with Crippen molar-refractivity contribution in [2.24, 2.45) is 0 Å². The van der Waals surface area contributed by atoms with Gasteiger partial charge < -0.3 is 91.0 Å². The third-order valence-corrected chi connectivity index (χ3v) is 27.0. The van der Waals surface area contributed by atoms with E-state index in [9.17, 15) is 0 Å². The van der Waals surface area contributed by atoms with Crippen LogP contribution >= 0.6 is 45.3 Å². The van der Waals surface area contributed by atoms with Crippen LogP contribution in [0.15, 0.2) is 214 Å². The van der Waals surface area contributed by atoms with Crippen LogP contribution in [-0.2, 0) is 35.8 Å². The molecule has 0 amide bonds. The minimum atomic E-state index is -1.82. The number of carbonyl (C=O) groups is 2. The summed E-state index contributed by atoms with van der Waals surface area (Å²) < 4.78 is 8.96. The van der Waals surface area contributed by atoms with Gasteiger partial charge >= 0.3 is 11.9 Å². The van der Waals surface area contributed by atoms with Gasteiger partial charge in [0.15, 0.2) is 0 Å². The van der Waals surface area contributed by atoms with Gasteiger partial charge in [0.25, 0.3) is 0 Å². The highest BCUT2D eigenvalue weighted by Crippen LogP contribution is 2.31. The van der Waals surface area contributed by atoms with Crippen molar-refractivity contribution in [2.45, 2.75) is 76.0 Å². The van der Waals surface area contributed by atoms with Crippen molar-refractivity contribution < 1.29 is 19.8 Å². The first kappa shape index (κ1) is 90.7. The molecule has 4 fully saturated rings. The molecule has 14 N–H and O–H groups in total. The average molecular weight is 1930 g/mol. The van der Waals surface area contributed by atoms with Gasteiger partial charge in [-0.05, 0) is 98.5 Å². The number of hydrogen-bond donors (Lipinski definition) is 14. The third kappa shape index (κ3) is 22.7. The average Bonchev–Trinajstić information content (AvgIpc) is 1.65. The summed E-state index contributed by atoms with van der Waals surface area (Å²) in [5.74, 6) is 3.21.